The smallest absolute Gasteiger partial charge is 0.744 e. The molecule has 0 aliphatic carbocycles. The van der Waals surface area contributed by atoms with Crippen LogP contribution >= 0.6 is 0 Å². The molecule has 5 heteroatoms. The van der Waals surface area contributed by atoms with Crippen LogP contribution in [-0.4, -0.2) is 13.0 Å². The Morgan fingerprint density at radius 1 is 0.690 bits per heavy atom. The van der Waals surface area contributed by atoms with Crippen molar-refractivity contribution < 1.29 is 42.5 Å². The summed E-state index contributed by atoms with van der Waals surface area (Å²) >= 11 is 0. The van der Waals surface area contributed by atoms with Gasteiger partial charge in [-0.15, -0.1) is 0 Å². The van der Waals surface area contributed by atoms with Gasteiger partial charge >= 0.3 is 29.6 Å². The Labute approximate surface area is 202 Å². The standard InChI is InChI=1S/C24H42O3S.Na/c1-3-5-7-9-10-11-12-13-15-17-22(16-14-8-6-4-2)23-18-20-24(21-19-23)28(25,26)27;/h18-22H,3-17H2,1-2H3,(H,25,26,27);/q;+1/p-1. The van der Waals surface area contributed by atoms with Gasteiger partial charge in [0.1, 0.15) is 10.1 Å². The minimum atomic E-state index is -4.36. The number of hydrogen-bond donors (Lipinski definition) is 0. The van der Waals surface area contributed by atoms with Gasteiger partial charge in [-0.25, -0.2) is 8.42 Å². The van der Waals surface area contributed by atoms with E-state index in [1.54, 1.807) is 0 Å². The Hall–Kier alpha value is 0.130. The summed E-state index contributed by atoms with van der Waals surface area (Å²) in [4.78, 5) is -0.121. The topological polar surface area (TPSA) is 57.2 Å². The summed E-state index contributed by atoms with van der Waals surface area (Å²) in [6.07, 6.45) is 19.3. The van der Waals surface area contributed by atoms with Crippen LogP contribution in [-0.2, 0) is 10.1 Å². The number of hydrogen-bond acceptors (Lipinski definition) is 3. The third-order valence-corrected chi connectivity index (χ3v) is 6.55. The zero-order valence-corrected chi connectivity index (χ0v) is 21.9. The molecule has 0 radical (unpaired) electrons. The fourth-order valence-electron chi connectivity index (χ4n) is 3.90. The van der Waals surface area contributed by atoms with E-state index in [4.69, 9.17) is 0 Å². The van der Waals surface area contributed by atoms with Crippen LogP contribution in [0, 0.1) is 0 Å². The van der Waals surface area contributed by atoms with Crippen LogP contribution in [0.5, 0.6) is 0 Å². The third-order valence-electron chi connectivity index (χ3n) is 5.70. The minimum absolute atomic E-state index is 0. The molecule has 0 aromatic heterocycles. The number of unbranched alkanes of at least 4 members (excludes halogenated alkanes) is 11. The van der Waals surface area contributed by atoms with Gasteiger partial charge in [0.05, 0.1) is 4.90 Å². The maximum Gasteiger partial charge on any atom is 1.00 e. The molecular weight excluding hydrogens is 391 g/mol. The van der Waals surface area contributed by atoms with Crippen LogP contribution in [0.4, 0.5) is 0 Å². The molecule has 3 nitrogen and oxygen atoms in total. The molecule has 1 atom stereocenters. The van der Waals surface area contributed by atoms with E-state index in [1.165, 1.54) is 101 Å². The monoisotopic (exact) mass is 432 g/mol. The first-order chi connectivity index (χ1) is 13.5. The molecule has 0 N–H and O–H groups in total. The van der Waals surface area contributed by atoms with E-state index < -0.39 is 10.1 Å². The summed E-state index contributed by atoms with van der Waals surface area (Å²) < 4.78 is 33.5. The van der Waals surface area contributed by atoms with Crippen molar-refractivity contribution in [3.8, 4) is 0 Å². The van der Waals surface area contributed by atoms with Gasteiger partial charge in [0.15, 0.2) is 0 Å². The van der Waals surface area contributed by atoms with Crippen molar-refractivity contribution in [1.29, 1.82) is 0 Å². The van der Waals surface area contributed by atoms with E-state index >= 15 is 0 Å². The van der Waals surface area contributed by atoms with Crippen LogP contribution in [0.1, 0.15) is 122 Å². The molecule has 0 fully saturated rings. The molecule has 0 aliphatic heterocycles. The molecule has 0 spiro atoms. The Morgan fingerprint density at radius 3 is 1.48 bits per heavy atom. The molecule has 0 saturated carbocycles. The van der Waals surface area contributed by atoms with Gasteiger partial charge in [0, 0.05) is 0 Å². The average molecular weight is 433 g/mol. The Kier molecular flexibility index (Phi) is 17.9. The maximum absolute atomic E-state index is 11.2. The third kappa shape index (κ3) is 13.9. The molecule has 0 saturated heterocycles. The van der Waals surface area contributed by atoms with Gasteiger partial charge in [0.25, 0.3) is 0 Å². The molecule has 1 rings (SSSR count). The van der Waals surface area contributed by atoms with Gasteiger partial charge in [-0.2, -0.15) is 0 Å². The molecule has 0 amide bonds. The summed E-state index contributed by atoms with van der Waals surface area (Å²) in [5, 5.41) is 0. The normalized spacial score (nSPS) is 12.5. The van der Waals surface area contributed by atoms with Crippen molar-refractivity contribution >= 4 is 10.1 Å². The molecular formula is C24H41NaO3S. The summed E-state index contributed by atoms with van der Waals surface area (Å²) in [7, 11) is -4.36. The van der Waals surface area contributed by atoms with E-state index in [0.717, 1.165) is 12.8 Å². The van der Waals surface area contributed by atoms with Crippen LogP contribution in [0.2, 0.25) is 0 Å². The number of rotatable bonds is 17. The second-order valence-corrected chi connectivity index (χ2v) is 9.57. The van der Waals surface area contributed by atoms with E-state index in [1.807, 2.05) is 12.1 Å². The van der Waals surface area contributed by atoms with Gasteiger partial charge in [-0.3, -0.25) is 0 Å². The average Bonchev–Trinajstić information content (AvgIpc) is 2.67. The van der Waals surface area contributed by atoms with Crippen molar-refractivity contribution in [2.45, 2.75) is 121 Å². The first-order valence-corrected chi connectivity index (χ1v) is 13.0. The molecule has 162 valence electrons. The fraction of sp³-hybridized carbons (Fsp3) is 0.750. The second-order valence-electron chi connectivity index (χ2n) is 8.19. The summed E-state index contributed by atoms with van der Waals surface area (Å²) in [6.45, 7) is 4.48. The zero-order chi connectivity index (χ0) is 20.7. The SMILES string of the molecule is CCCCCCCCCCCC(CCCCCC)c1ccc(S(=O)(=O)[O-])cc1.[Na+]. The van der Waals surface area contributed by atoms with E-state index in [0.29, 0.717) is 5.92 Å². The van der Waals surface area contributed by atoms with Crippen LogP contribution < -0.4 is 29.6 Å². The molecule has 1 aromatic rings. The first kappa shape index (κ1) is 29.1. The van der Waals surface area contributed by atoms with Crippen molar-refractivity contribution in [1.82, 2.24) is 0 Å². The van der Waals surface area contributed by atoms with Crippen molar-refractivity contribution in [2.75, 3.05) is 0 Å². The van der Waals surface area contributed by atoms with Gasteiger partial charge < -0.3 is 4.55 Å². The minimum Gasteiger partial charge on any atom is -0.744 e. The maximum atomic E-state index is 11.2. The Balaban J connectivity index is 0.00000784. The van der Waals surface area contributed by atoms with E-state index in [2.05, 4.69) is 13.8 Å². The fourth-order valence-corrected chi connectivity index (χ4v) is 4.37. The predicted molar refractivity (Wildman–Crippen MR) is 118 cm³/mol. The largest absolute Gasteiger partial charge is 1.00 e. The summed E-state index contributed by atoms with van der Waals surface area (Å²) in [6, 6.07) is 6.66. The zero-order valence-electron chi connectivity index (χ0n) is 19.1. The Morgan fingerprint density at radius 2 is 1.07 bits per heavy atom. The molecule has 0 heterocycles. The summed E-state index contributed by atoms with van der Waals surface area (Å²) in [5.74, 6) is 0.477. The van der Waals surface area contributed by atoms with Gasteiger partial charge in [-0.05, 0) is 36.5 Å². The van der Waals surface area contributed by atoms with Crippen molar-refractivity contribution in [3.05, 3.63) is 29.8 Å². The number of benzene rings is 1. The van der Waals surface area contributed by atoms with E-state index in [-0.39, 0.29) is 34.5 Å². The van der Waals surface area contributed by atoms with E-state index in [9.17, 15) is 13.0 Å². The van der Waals surface area contributed by atoms with Gasteiger partial charge in [-0.1, -0.05) is 109 Å². The molecule has 1 unspecified atom stereocenters. The second kappa shape index (κ2) is 17.8. The molecule has 1 aromatic carbocycles. The van der Waals surface area contributed by atoms with Crippen molar-refractivity contribution in [2.24, 2.45) is 0 Å². The first-order valence-electron chi connectivity index (χ1n) is 11.5. The van der Waals surface area contributed by atoms with Crippen molar-refractivity contribution in [3.63, 3.8) is 0 Å². The van der Waals surface area contributed by atoms with Gasteiger partial charge in [0.2, 0.25) is 0 Å². The molecule has 0 aliphatic rings. The molecule has 29 heavy (non-hydrogen) atoms. The molecule has 0 bridgehead atoms. The van der Waals surface area contributed by atoms with Crippen LogP contribution in [0.15, 0.2) is 29.2 Å². The Bertz CT molecular complexity index is 599. The summed E-state index contributed by atoms with van der Waals surface area (Å²) in [5.41, 5.74) is 1.18. The van der Waals surface area contributed by atoms with Crippen LogP contribution in [0.3, 0.4) is 0 Å². The quantitative estimate of drug-likeness (QED) is 0.206. The van der Waals surface area contributed by atoms with Crippen LogP contribution in [0.25, 0.3) is 0 Å². The predicted octanol–water partition coefficient (Wildman–Crippen LogP) is 4.57.